The summed E-state index contributed by atoms with van der Waals surface area (Å²) in [7, 11) is 5.23. The molecule has 0 radical (unpaired) electrons. The summed E-state index contributed by atoms with van der Waals surface area (Å²) < 4.78 is 16.8. The predicted octanol–water partition coefficient (Wildman–Crippen LogP) is 0.549. The zero-order valence-corrected chi connectivity index (χ0v) is 16.3. The third-order valence-electron chi connectivity index (χ3n) is 5.09. The first-order valence-corrected chi connectivity index (χ1v) is 9.07. The number of allylic oxidation sites excluding steroid dienone is 1. The Hall–Kier alpha value is -3.25. The lowest BCUT2D eigenvalue weighted by Gasteiger charge is -2.20. The number of hydrogen-bond acceptors (Lipinski definition) is 5. The van der Waals surface area contributed by atoms with Crippen LogP contribution in [0.4, 0.5) is 5.69 Å². The van der Waals surface area contributed by atoms with Gasteiger partial charge in [0.1, 0.15) is 11.9 Å². The fourth-order valence-electron chi connectivity index (χ4n) is 3.87. The van der Waals surface area contributed by atoms with Gasteiger partial charge >= 0.3 is 0 Å². The predicted molar refractivity (Wildman–Crippen MR) is 105 cm³/mol. The lowest BCUT2D eigenvalue weighted by atomic mass is 9.96. The van der Waals surface area contributed by atoms with Gasteiger partial charge < -0.3 is 19.3 Å². The molecule has 0 amide bonds. The number of rotatable bonds is 4. The van der Waals surface area contributed by atoms with Crippen molar-refractivity contribution in [3.8, 4) is 17.2 Å². The van der Waals surface area contributed by atoms with Crippen LogP contribution in [0.1, 0.15) is 12.5 Å². The van der Waals surface area contributed by atoms with E-state index in [1.807, 2.05) is 32.2 Å². The van der Waals surface area contributed by atoms with Crippen LogP contribution < -0.4 is 29.5 Å². The van der Waals surface area contributed by atoms with E-state index in [1.54, 1.807) is 14.2 Å². The molecule has 1 heterocycles. The van der Waals surface area contributed by atoms with E-state index in [9.17, 15) is 9.90 Å². The number of carbonyl (C=O) groups excluding carboxylic acids is 1. The van der Waals surface area contributed by atoms with E-state index in [-0.39, 0.29) is 5.76 Å². The van der Waals surface area contributed by atoms with Crippen molar-refractivity contribution in [1.29, 1.82) is 0 Å². The first-order valence-electron chi connectivity index (χ1n) is 9.07. The largest absolute Gasteiger partial charge is 0.504 e. The van der Waals surface area contributed by atoms with Gasteiger partial charge in [-0.15, -0.1) is 0 Å². The first-order chi connectivity index (χ1) is 13.5. The number of hydrogen-bond donors (Lipinski definition) is 2. The monoisotopic (exact) mass is 380 g/mol. The minimum Gasteiger partial charge on any atom is -0.504 e. The minimum atomic E-state index is -0.419. The third-order valence-corrected chi connectivity index (χ3v) is 5.09. The number of Topliss-reactive ketones (excluding diaryl/α,β-unsaturated/α-hetero) is 1. The van der Waals surface area contributed by atoms with Crippen LogP contribution in [0.2, 0.25) is 0 Å². The fraction of sp³-hybridized carbons (Fsp3) is 0.227. The van der Waals surface area contributed by atoms with Crippen molar-refractivity contribution in [3.05, 3.63) is 50.4 Å². The average Bonchev–Trinajstić information content (AvgIpc) is 2.68. The van der Waals surface area contributed by atoms with E-state index in [2.05, 4.69) is 6.20 Å². The van der Waals surface area contributed by atoms with Gasteiger partial charge in [-0.1, -0.05) is 0 Å². The number of benzene rings is 2. The molecule has 0 saturated carbocycles. The van der Waals surface area contributed by atoms with Gasteiger partial charge in [-0.3, -0.25) is 9.69 Å². The van der Waals surface area contributed by atoms with Crippen molar-refractivity contribution in [2.24, 2.45) is 0 Å². The topological polar surface area (TPSA) is 69.4 Å². The Balaban J connectivity index is 2.23. The maximum Gasteiger partial charge on any atom is 0.220 e. The Bertz CT molecular complexity index is 1240. The summed E-state index contributed by atoms with van der Waals surface area (Å²) in [6.45, 7) is 2.37. The second-order valence-electron chi connectivity index (χ2n) is 6.72. The van der Waals surface area contributed by atoms with Gasteiger partial charge in [0.25, 0.3) is 0 Å². The highest BCUT2D eigenvalue weighted by atomic mass is 16.5. The zero-order valence-electron chi connectivity index (χ0n) is 16.3. The molecule has 0 saturated heterocycles. The molecule has 28 heavy (non-hydrogen) atoms. The van der Waals surface area contributed by atoms with Crippen molar-refractivity contribution in [2.75, 3.05) is 27.9 Å². The van der Waals surface area contributed by atoms with Crippen LogP contribution in [-0.2, 0) is 4.79 Å². The Labute approximate surface area is 161 Å². The van der Waals surface area contributed by atoms with Crippen molar-refractivity contribution in [2.45, 2.75) is 6.92 Å². The number of aliphatic hydroxyl groups excluding tert-OH is 1. The molecule has 144 valence electrons. The number of quaternary nitrogens is 1. The van der Waals surface area contributed by atoms with Crippen LogP contribution >= 0.6 is 0 Å². The van der Waals surface area contributed by atoms with Crippen molar-refractivity contribution in [1.82, 2.24) is 0 Å². The van der Waals surface area contributed by atoms with Crippen LogP contribution in [0.25, 0.3) is 18.4 Å². The molecule has 1 aliphatic heterocycles. The molecule has 1 aliphatic carbocycles. The summed E-state index contributed by atoms with van der Waals surface area (Å²) in [6, 6.07) is 5.85. The van der Waals surface area contributed by atoms with Gasteiger partial charge in [0, 0.05) is 27.0 Å². The van der Waals surface area contributed by atoms with Crippen LogP contribution in [0.5, 0.6) is 17.2 Å². The van der Waals surface area contributed by atoms with Crippen LogP contribution in [0.15, 0.2) is 24.0 Å². The maximum atomic E-state index is 12.0. The Morgan fingerprint density at radius 2 is 1.68 bits per heavy atom. The van der Waals surface area contributed by atoms with E-state index in [0.29, 0.717) is 29.1 Å². The lowest BCUT2D eigenvalue weighted by Crippen LogP contribution is -2.99. The number of ketones is 1. The minimum absolute atomic E-state index is 0.269. The molecule has 0 spiro atoms. The highest BCUT2D eigenvalue weighted by Crippen LogP contribution is 2.27. The lowest BCUT2D eigenvalue weighted by molar-refractivity contribution is -0.719. The van der Waals surface area contributed by atoms with Crippen molar-refractivity contribution < 1.29 is 29.0 Å². The van der Waals surface area contributed by atoms with Crippen LogP contribution in [0, 0.1) is 10.4 Å². The number of fused-ring (bicyclic) bond motifs is 4. The molecule has 2 aliphatic rings. The van der Waals surface area contributed by atoms with Gasteiger partial charge in [0.05, 0.1) is 33.4 Å². The fourth-order valence-corrected chi connectivity index (χ4v) is 3.87. The number of nitrogens with one attached hydrogen (secondary N) is 1. The van der Waals surface area contributed by atoms with Crippen molar-refractivity contribution >= 4 is 29.8 Å². The summed E-state index contributed by atoms with van der Waals surface area (Å²) in [5.41, 5.74) is 1.75. The molecule has 0 bridgehead atoms. The number of ether oxygens (including phenoxy) is 3. The number of methoxy groups -OCH3 is 2. The van der Waals surface area contributed by atoms with Crippen molar-refractivity contribution in [3.63, 3.8) is 0 Å². The molecule has 2 N–H and O–H groups in total. The summed E-state index contributed by atoms with van der Waals surface area (Å²) in [5.74, 6) is 1.22. The molecule has 1 atom stereocenters. The molecule has 6 nitrogen and oxygen atoms in total. The maximum absolute atomic E-state index is 12.0. The summed E-state index contributed by atoms with van der Waals surface area (Å²) in [6.07, 6.45) is 5.04. The molecule has 6 heteroatoms. The summed E-state index contributed by atoms with van der Waals surface area (Å²) in [5, 5.41) is 13.7. The van der Waals surface area contributed by atoms with Crippen LogP contribution in [-0.4, -0.2) is 38.8 Å². The van der Waals surface area contributed by atoms with E-state index in [1.165, 1.54) is 12.2 Å². The van der Waals surface area contributed by atoms with E-state index in [4.69, 9.17) is 14.2 Å². The SMILES string of the molecule is CCOc1cc2c(c3c1=CC(=O)C(O)=C3)[NH+](C)C=c1cc(OC)c(OC)cc1=2. The molecular weight excluding hydrogens is 358 g/mol. The van der Waals surface area contributed by atoms with E-state index < -0.39 is 5.78 Å². The molecule has 2 aromatic carbocycles. The molecule has 0 aromatic heterocycles. The quantitative estimate of drug-likeness (QED) is 0.811. The molecule has 4 rings (SSSR count). The van der Waals surface area contributed by atoms with Gasteiger partial charge in [0.15, 0.2) is 22.9 Å². The van der Waals surface area contributed by atoms with Crippen LogP contribution in [0.3, 0.4) is 0 Å². The zero-order chi connectivity index (χ0) is 20.0. The second kappa shape index (κ2) is 6.73. The summed E-state index contributed by atoms with van der Waals surface area (Å²) >= 11 is 0. The van der Waals surface area contributed by atoms with Gasteiger partial charge in [-0.2, -0.15) is 0 Å². The molecule has 1 unspecified atom stereocenters. The third kappa shape index (κ3) is 2.65. The number of aliphatic hydroxyl groups is 1. The first kappa shape index (κ1) is 18.1. The standard InChI is InChI=1S/C22H21NO5/c1-5-28-19-10-16-13-9-21(27-4)20(26-3)6-12(13)11-23(2)22(16)15-8-18(25)17(24)7-14(15)19/h6-11,25H,5H2,1-4H3/p+1. The smallest absolute Gasteiger partial charge is 0.220 e. The summed E-state index contributed by atoms with van der Waals surface area (Å²) in [4.78, 5) is 13.1. The highest BCUT2D eigenvalue weighted by Gasteiger charge is 2.25. The second-order valence-corrected chi connectivity index (χ2v) is 6.72. The Morgan fingerprint density at radius 1 is 1.00 bits per heavy atom. The van der Waals surface area contributed by atoms with Gasteiger partial charge in [-0.05, 0) is 31.2 Å². The molecule has 2 aromatic rings. The van der Waals surface area contributed by atoms with Gasteiger partial charge in [0.2, 0.25) is 5.78 Å². The van der Waals surface area contributed by atoms with E-state index >= 15 is 0 Å². The normalized spacial score (nSPS) is 16.6. The molecular formula is C22H22NO5+. The number of carbonyl (C=O) groups is 1. The molecule has 0 fully saturated rings. The Kier molecular flexibility index (Phi) is 4.35. The van der Waals surface area contributed by atoms with Gasteiger partial charge in [-0.25, -0.2) is 0 Å². The Morgan fingerprint density at radius 3 is 2.36 bits per heavy atom. The highest BCUT2D eigenvalue weighted by molar-refractivity contribution is 6.19. The van der Waals surface area contributed by atoms with E-state index in [0.717, 1.165) is 31.8 Å². The average molecular weight is 380 g/mol.